The summed E-state index contributed by atoms with van der Waals surface area (Å²) < 4.78 is 68.4. The van der Waals surface area contributed by atoms with Crippen LogP contribution in [0.4, 0.5) is 0 Å². The Kier molecular flexibility index (Phi) is 64.0. The second-order valence-electron chi connectivity index (χ2n) is 28.6. The van der Waals surface area contributed by atoms with Crippen molar-refractivity contribution in [2.75, 3.05) is 39.6 Å². The number of carbonyl (C=O) groups is 4. The molecule has 5 unspecified atom stereocenters. The quantitative estimate of drug-likeness (QED) is 0.0222. The second-order valence-corrected chi connectivity index (χ2v) is 31.5. The number of aliphatic hydroxyl groups is 1. The average Bonchev–Trinajstić information content (AvgIpc) is 1.77. The summed E-state index contributed by atoms with van der Waals surface area (Å²) >= 11 is 0. The zero-order chi connectivity index (χ0) is 70.3. The van der Waals surface area contributed by atoms with Gasteiger partial charge in [0.05, 0.1) is 26.4 Å². The van der Waals surface area contributed by atoms with E-state index in [0.29, 0.717) is 31.6 Å². The van der Waals surface area contributed by atoms with Gasteiger partial charge in [0.2, 0.25) is 0 Å². The molecule has 3 N–H and O–H groups in total. The molecule has 0 saturated carbocycles. The van der Waals surface area contributed by atoms with Gasteiger partial charge in [0, 0.05) is 25.7 Å². The summed E-state index contributed by atoms with van der Waals surface area (Å²) in [6.45, 7) is 14.2. The van der Waals surface area contributed by atoms with Crippen LogP contribution < -0.4 is 0 Å². The van der Waals surface area contributed by atoms with Gasteiger partial charge in [0.25, 0.3) is 0 Å². The SMILES string of the molecule is CCC(C)CCCCCCCCCCCCCCCCC(=O)OC[C@H](COP(=O)(O)OC[C@@H](O)COP(=O)(O)OC[C@@H](COC(=O)CCCCCCCCC(C)C)OC(=O)CCCCCCCCC(C)CC)OC(=O)CCCCCCCCCCCCCCCCC(C)CC. The standard InChI is InChI=1S/C76H148O17P2/c1-9-67(6)53-45-37-28-24-20-16-12-14-18-22-26-30-40-48-56-73(78)86-62-71(92-75(80)58-50-42-31-27-23-19-15-13-17-21-25-29-38-46-54-68(7)10-2)64-90-94(82,83)88-60-70(77)61-89-95(84,85)91-65-72(63-87-74(79)57-49-41-34-32-36-44-52-66(4)5)93-76(81)59-51-43-35-33-39-47-55-69(8)11-3/h66-72,77H,9-65H2,1-8H3,(H,82,83)(H,84,85)/t67?,68?,69?,70-,71-,72-/m1/s1. The van der Waals surface area contributed by atoms with Crippen LogP contribution in [0.3, 0.4) is 0 Å². The lowest BCUT2D eigenvalue weighted by Gasteiger charge is -2.21. The lowest BCUT2D eigenvalue weighted by molar-refractivity contribution is -0.161. The zero-order valence-corrected chi connectivity index (χ0v) is 64.1. The molecule has 0 saturated heterocycles. The Morgan fingerprint density at radius 3 is 0.747 bits per heavy atom. The van der Waals surface area contributed by atoms with Gasteiger partial charge in [-0.15, -0.1) is 0 Å². The third kappa shape index (κ3) is 66.4. The molecule has 0 amide bonds. The molecule has 0 aromatic carbocycles. The predicted molar refractivity (Wildman–Crippen MR) is 386 cm³/mol. The molecule has 0 aliphatic heterocycles. The van der Waals surface area contributed by atoms with Crippen LogP contribution in [-0.2, 0) is 65.4 Å². The number of phosphoric ester groups is 2. The van der Waals surface area contributed by atoms with Crippen LogP contribution in [0.1, 0.15) is 383 Å². The number of hydrogen-bond acceptors (Lipinski definition) is 15. The maximum atomic E-state index is 13.1. The van der Waals surface area contributed by atoms with Crippen molar-refractivity contribution in [3.8, 4) is 0 Å². The summed E-state index contributed by atoms with van der Waals surface area (Å²) in [6.07, 6.45) is 50.1. The number of carbonyl (C=O) groups excluding carboxylic acids is 4. The van der Waals surface area contributed by atoms with E-state index in [1.807, 2.05) is 0 Å². The summed E-state index contributed by atoms with van der Waals surface area (Å²) in [5.41, 5.74) is 0. The monoisotopic (exact) mass is 1400 g/mol. The lowest BCUT2D eigenvalue weighted by atomic mass is 9.99. The molecule has 0 spiro atoms. The van der Waals surface area contributed by atoms with Gasteiger partial charge in [-0.3, -0.25) is 37.3 Å². The minimum atomic E-state index is -4.96. The Labute approximate surface area is 581 Å². The fourth-order valence-electron chi connectivity index (χ4n) is 11.5. The van der Waals surface area contributed by atoms with Crippen molar-refractivity contribution < 1.29 is 80.2 Å². The van der Waals surface area contributed by atoms with Gasteiger partial charge in [0.1, 0.15) is 19.3 Å². The molecule has 0 radical (unpaired) electrons. The summed E-state index contributed by atoms with van der Waals surface area (Å²) in [6, 6.07) is 0. The van der Waals surface area contributed by atoms with Gasteiger partial charge in [0.15, 0.2) is 12.2 Å². The van der Waals surface area contributed by atoms with Crippen LogP contribution in [0, 0.1) is 23.7 Å². The highest BCUT2D eigenvalue weighted by Crippen LogP contribution is 2.45. The fourth-order valence-corrected chi connectivity index (χ4v) is 13.0. The maximum absolute atomic E-state index is 13.1. The van der Waals surface area contributed by atoms with E-state index in [1.54, 1.807) is 0 Å². The van der Waals surface area contributed by atoms with Crippen molar-refractivity contribution >= 4 is 39.5 Å². The third-order valence-electron chi connectivity index (χ3n) is 18.7. The average molecular weight is 1400 g/mol. The van der Waals surface area contributed by atoms with Crippen molar-refractivity contribution in [2.45, 2.75) is 401 Å². The highest BCUT2D eigenvalue weighted by atomic mass is 31.2. The Hall–Kier alpha value is -1.94. The van der Waals surface area contributed by atoms with Crippen molar-refractivity contribution in [3.05, 3.63) is 0 Å². The van der Waals surface area contributed by atoms with Gasteiger partial charge in [-0.05, 0) is 49.4 Å². The Balaban J connectivity index is 5.22. The van der Waals surface area contributed by atoms with E-state index < -0.39 is 97.5 Å². The van der Waals surface area contributed by atoms with Crippen LogP contribution >= 0.6 is 15.6 Å². The van der Waals surface area contributed by atoms with E-state index in [-0.39, 0.29) is 25.7 Å². The lowest BCUT2D eigenvalue weighted by Crippen LogP contribution is -2.30. The summed E-state index contributed by atoms with van der Waals surface area (Å²) in [5, 5.41) is 10.6. The highest BCUT2D eigenvalue weighted by Gasteiger charge is 2.30. The molecule has 0 rings (SSSR count). The van der Waals surface area contributed by atoms with Crippen LogP contribution in [0.2, 0.25) is 0 Å². The number of rotatable bonds is 73. The molecular formula is C76H148O17P2. The van der Waals surface area contributed by atoms with Crippen LogP contribution in [0.25, 0.3) is 0 Å². The predicted octanol–water partition coefficient (Wildman–Crippen LogP) is 22.0. The van der Waals surface area contributed by atoms with Gasteiger partial charge >= 0.3 is 39.5 Å². The molecule has 95 heavy (non-hydrogen) atoms. The van der Waals surface area contributed by atoms with E-state index in [2.05, 4.69) is 55.4 Å². The van der Waals surface area contributed by atoms with E-state index in [9.17, 15) is 43.2 Å². The van der Waals surface area contributed by atoms with Gasteiger partial charge in [-0.1, -0.05) is 331 Å². The molecular weight excluding hydrogens is 1250 g/mol. The Morgan fingerprint density at radius 2 is 0.505 bits per heavy atom. The van der Waals surface area contributed by atoms with E-state index in [0.717, 1.165) is 114 Å². The number of unbranched alkanes of at least 4 members (excludes halogenated alkanes) is 36. The molecule has 0 aliphatic carbocycles. The van der Waals surface area contributed by atoms with Crippen molar-refractivity contribution in [1.29, 1.82) is 0 Å². The van der Waals surface area contributed by atoms with E-state index >= 15 is 0 Å². The molecule has 564 valence electrons. The largest absolute Gasteiger partial charge is 0.472 e. The molecule has 0 aromatic rings. The first-order chi connectivity index (χ1) is 45.7. The van der Waals surface area contributed by atoms with Gasteiger partial charge < -0.3 is 33.8 Å². The van der Waals surface area contributed by atoms with E-state index in [1.165, 1.54) is 180 Å². The number of ether oxygens (including phenoxy) is 4. The first-order valence-electron chi connectivity index (χ1n) is 39.3. The first-order valence-corrected chi connectivity index (χ1v) is 42.3. The normalized spacial score (nSPS) is 15.0. The molecule has 19 heteroatoms. The van der Waals surface area contributed by atoms with Crippen molar-refractivity contribution in [1.82, 2.24) is 0 Å². The van der Waals surface area contributed by atoms with Crippen molar-refractivity contribution in [3.63, 3.8) is 0 Å². The maximum Gasteiger partial charge on any atom is 0.472 e. The Morgan fingerprint density at radius 1 is 0.295 bits per heavy atom. The number of hydrogen-bond donors (Lipinski definition) is 3. The zero-order valence-electron chi connectivity index (χ0n) is 62.3. The number of phosphoric acid groups is 2. The first kappa shape index (κ1) is 93.1. The molecule has 0 bridgehead atoms. The summed E-state index contributed by atoms with van der Waals surface area (Å²) in [7, 11) is -9.91. The van der Waals surface area contributed by atoms with Gasteiger partial charge in [-0.2, -0.15) is 0 Å². The van der Waals surface area contributed by atoms with Crippen LogP contribution in [0.15, 0.2) is 0 Å². The summed E-state index contributed by atoms with van der Waals surface area (Å²) in [5.74, 6) is 0.970. The Bertz CT molecular complexity index is 1870. The van der Waals surface area contributed by atoms with Crippen LogP contribution in [-0.4, -0.2) is 96.7 Å². The smallest absolute Gasteiger partial charge is 0.462 e. The molecule has 0 aromatic heterocycles. The highest BCUT2D eigenvalue weighted by molar-refractivity contribution is 7.47. The minimum absolute atomic E-state index is 0.102. The minimum Gasteiger partial charge on any atom is -0.462 e. The number of esters is 4. The summed E-state index contributed by atoms with van der Waals surface area (Å²) in [4.78, 5) is 72.7. The molecule has 0 aliphatic rings. The fraction of sp³-hybridized carbons (Fsp3) is 0.947. The molecule has 17 nitrogen and oxygen atoms in total. The second kappa shape index (κ2) is 65.4. The van der Waals surface area contributed by atoms with Crippen LogP contribution in [0.5, 0.6) is 0 Å². The van der Waals surface area contributed by atoms with Gasteiger partial charge in [-0.25, -0.2) is 9.13 Å². The topological polar surface area (TPSA) is 237 Å². The number of aliphatic hydroxyl groups excluding tert-OH is 1. The molecule has 8 atom stereocenters. The third-order valence-corrected chi connectivity index (χ3v) is 20.6. The molecule has 0 heterocycles. The van der Waals surface area contributed by atoms with E-state index in [4.69, 9.17) is 37.0 Å². The molecule has 0 fully saturated rings. The van der Waals surface area contributed by atoms with Crippen molar-refractivity contribution in [2.24, 2.45) is 23.7 Å².